The molecule has 0 radical (unpaired) electrons. The number of anilines is 2. The fourth-order valence-corrected chi connectivity index (χ4v) is 5.01. The molecular formula is C28H31F3N6O. The van der Waals surface area contributed by atoms with E-state index in [1.807, 2.05) is 12.1 Å². The third kappa shape index (κ3) is 6.31. The van der Waals surface area contributed by atoms with E-state index in [1.165, 1.54) is 12.4 Å². The van der Waals surface area contributed by atoms with Crippen molar-refractivity contribution in [3.63, 3.8) is 0 Å². The molecule has 3 aromatic rings. The Balaban J connectivity index is 1.31. The number of fused-ring (bicyclic) bond motifs is 1. The number of likely N-dealkylation sites (N-methyl/N-ethyl adjacent to an activating group) is 1. The van der Waals surface area contributed by atoms with Crippen molar-refractivity contribution in [1.29, 1.82) is 0 Å². The number of alkyl halides is 3. The number of carbonyl (C=O) groups is 1. The molecule has 1 N–H and O–H groups in total. The van der Waals surface area contributed by atoms with Gasteiger partial charge in [-0.25, -0.2) is 9.97 Å². The van der Waals surface area contributed by atoms with Crippen LogP contribution in [0.15, 0.2) is 55.1 Å². The lowest BCUT2D eigenvalue weighted by Gasteiger charge is -2.32. The van der Waals surface area contributed by atoms with Gasteiger partial charge in [-0.15, -0.1) is 0 Å². The Kier molecular flexibility index (Phi) is 7.62. The molecule has 2 aromatic carbocycles. The normalized spacial score (nSPS) is 16.8. The number of rotatable bonds is 6. The Morgan fingerprint density at radius 2 is 1.74 bits per heavy atom. The number of nitrogens with one attached hydrogen (secondary N) is 1. The Hall–Kier alpha value is -3.50. The minimum Gasteiger partial charge on any atom is -0.364 e. The van der Waals surface area contributed by atoms with Crippen molar-refractivity contribution in [3.8, 4) is 0 Å². The number of aromatic nitrogens is 2. The number of nitrogens with zero attached hydrogens (tertiary/aromatic N) is 5. The lowest BCUT2D eigenvalue weighted by Crippen LogP contribution is -2.45. The zero-order valence-electron chi connectivity index (χ0n) is 21.3. The maximum atomic E-state index is 13.7. The monoisotopic (exact) mass is 524 g/mol. The molecule has 0 unspecified atom stereocenters. The molecule has 1 aromatic heterocycles. The molecule has 1 fully saturated rings. The highest BCUT2D eigenvalue weighted by Gasteiger charge is 2.31. The van der Waals surface area contributed by atoms with E-state index in [-0.39, 0.29) is 5.69 Å². The Bertz CT molecular complexity index is 1280. The van der Waals surface area contributed by atoms with Crippen molar-refractivity contribution in [1.82, 2.24) is 19.8 Å². The summed E-state index contributed by atoms with van der Waals surface area (Å²) in [7, 11) is 2.07. The Morgan fingerprint density at radius 1 is 0.974 bits per heavy atom. The van der Waals surface area contributed by atoms with Crippen LogP contribution >= 0.6 is 0 Å². The maximum Gasteiger partial charge on any atom is 0.416 e. The number of carbonyl (C=O) groups excluding carboxylic acids is 1. The van der Waals surface area contributed by atoms with Crippen LogP contribution < -0.4 is 10.2 Å². The van der Waals surface area contributed by atoms with Crippen LogP contribution in [0.5, 0.6) is 0 Å². The van der Waals surface area contributed by atoms with Gasteiger partial charge in [0.05, 0.1) is 23.6 Å². The quantitative estimate of drug-likeness (QED) is 0.524. The zero-order chi connectivity index (χ0) is 26.7. The van der Waals surface area contributed by atoms with Gasteiger partial charge in [-0.2, -0.15) is 13.2 Å². The summed E-state index contributed by atoms with van der Waals surface area (Å²) in [6.45, 7) is 5.77. The summed E-state index contributed by atoms with van der Waals surface area (Å²) in [6, 6.07) is 9.33. The summed E-state index contributed by atoms with van der Waals surface area (Å²) in [6.07, 6.45) is 1.78. The van der Waals surface area contributed by atoms with Crippen LogP contribution in [0, 0.1) is 0 Å². The van der Waals surface area contributed by atoms with Crippen molar-refractivity contribution in [3.05, 3.63) is 82.9 Å². The highest BCUT2D eigenvalue weighted by molar-refractivity contribution is 6.04. The molecule has 2 aliphatic rings. The van der Waals surface area contributed by atoms with Crippen molar-refractivity contribution >= 4 is 17.3 Å². The first-order valence-electron chi connectivity index (χ1n) is 12.8. The molecule has 0 atom stereocenters. The van der Waals surface area contributed by atoms with E-state index < -0.39 is 17.6 Å². The lowest BCUT2D eigenvalue weighted by molar-refractivity contribution is -0.137. The number of hydrogen-bond donors (Lipinski definition) is 1. The van der Waals surface area contributed by atoms with Crippen LogP contribution in [0.1, 0.15) is 32.6 Å². The number of benzene rings is 2. The topological polar surface area (TPSA) is 64.6 Å². The average Bonchev–Trinajstić information content (AvgIpc) is 2.92. The first kappa shape index (κ1) is 26.1. The Morgan fingerprint density at radius 3 is 2.47 bits per heavy atom. The number of halogens is 3. The highest BCUT2D eigenvalue weighted by Crippen LogP contribution is 2.32. The summed E-state index contributed by atoms with van der Waals surface area (Å²) in [5.41, 5.74) is 3.42. The third-order valence-corrected chi connectivity index (χ3v) is 7.28. The molecule has 0 saturated carbocycles. The van der Waals surface area contributed by atoms with Crippen LogP contribution in [-0.4, -0.2) is 72.0 Å². The molecule has 3 heterocycles. The predicted octanol–water partition coefficient (Wildman–Crippen LogP) is 4.10. The van der Waals surface area contributed by atoms with E-state index in [9.17, 15) is 18.0 Å². The van der Waals surface area contributed by atoms with Crippen LogP contribution in [0.3, 0.4) is 0 Å². The second kappa shape index (κ2) is 11.1. The summed E-state index contributed by atoms with van der Waals surface area (Å²) in [4.78, 5) is 27.9. The first-order valence-corrected chi connectivity index (χ1v) is 12.8. The highest BCUT2D eigenvalue weighted by atomic mass is 19.4. The van der Waals surface area contributed by atoms with Gasteiger partial charge >= 0.3 is 6.18 Å². The van der Waals surface area contributed by atoms with Crippen molar-refractivity contribution < 1.29 is 18.0 Å². The minimum absolute atomic E-state index is 0.152. The smallest absolute Gasteiger partial charge is 0.364 e. The maximum absolute atomic E-state index is 13.7. The molecule has 0 bridgehead atoms. The van der Waals surface area contributed by atoms with E-state index in [2.05, 4.69) is 37.0 Å². The molecular weight excluding hydrogens is 493 g/mol. The molecule has 0 aliphatic carbocycles. The summed E-state index contributed by atoms with van der Waals surface area (Å²) >= 11 is 0. The van der Waals surface area contributed by atoms with Crippen LogP contribution in [0.25, 0.3) is 0 Å². The molecule has 5 rings (SSSR count). The lowest BCUT2D eigenvalue weighted by atomic mass is 9.97. The third-order valence-electron chi connectivity index (χ3n) is 7.28. The van der Waals surface area contributed by atoms with Gasteiger partial charge in [0.1, 0.15) is 6.33 Å². The van der Waals surface area contributed by atoms with E-state index in [1.54, 1.807) is 24.5 Å². The van der Waals surface area contributed by atoms with Gasteiger partial charge in [-0.1, -0.05) is 6.07 Å². The fraction of sp³-hybridized carbons (Fsp3) is 0.393. The van der Waals surface area contributed by atoms with E-state index >= 15 is 0 Å². The number of amides is 1. The molecule has 38 heavy (non-hydrogen) atoms. The van der Waals surface area contributed by atoms with E-state index in [4.69, 9.17) is 0 Å². The SMILES string of the molecule is CN1CCN(CCc2cc(NC(=O)c3ccc4c(c3)CN(c3cncnc3)CC4)cc(C(F)(F)F)c2)CC1. The van der Waals surface area contributed by atoms with E-state index in [0.29, 0.717) is 30.6 Å². The van der Waals surface area contributed by atoms with Crippen LogP contribution in [0.2, 0.25) is 0 Å². The van der Waals surface area contributed by atoms with Crippen molar-refractivity contribution in [2.45, 2.75) is 25.6 Å². The van der Waals surface area contributed by atoms with Gasteiger partial charge in [-0.05, 0) is 66.9 Å². The molecule has 0 spiro atoms. The minimum atomic E-state index is -4.50. The summed E-state index contributed by atoms with van der Waals surface area (Å²) in [5.74, 6) is -0.433. The first-order chi connectivity index (χ1) is 18.2. The molecule has 10 heteroatoms. The molecule has 1 amide bonds. The predicted molar refractivity (Wildman–Crippen MR) is 140 cm³/mol. The van der Waals surface area contributed by atoms with Gasteiger partial charge in [0, 0.05) is 57.1 Å². The summed E-state index contributed by atoms with van der Waals surface area (Å²) < 4.78 is 41.0. The fourth-order valence-electron chi connectivity index (χ4n) is 5.01. The van der Waals surface area contributed by atoms with Gasteiger partial charge in [0.25, 0.3) is 5.91 Å². The van der Waals surface area contributed by atoms with Gasteiger partial charge in [0.15, 0.2) is 0 Å². The molecule has 2 aliphatic heterocycles. The van der Waals surface area contributed by atoms with Gasteiger partial charge in [0.2, 0.25) is 0 Å². The summed E-state index contributed by atoms with van der Waals surface area (Å²) in [5, 5.41) is 2.71. The second-order valence-corrected chi connectivity index (χ2v) is 10.0. The number of hydrogen-bond acceptors (Lipinski definition) is 6. The van der Waals surface area contributed by atoms with Crippen LogP contribution in [-0.2, 0) is 25.6 Å². The van der Waals surface area contributed by atoms with Crippen molar-refractivity contribution in [2.24, 2.45) is 0 Å². The van der Waals surface area contributed by atoms with Gasteiger partial charge < -0.3 is 20.0 Å². The molecule has 1 saturated heterocycles. The zero-order valence-corrected chi connectivity index (χ0v) is 21.3. The Labute approximate surface area is 220 Å². The van der Waals surface area contributed by atoms with Crippen molar-refractivity contribution in [2.75, 3.05) is 56.5 Å². The number of piperazine rings is 1. The molecule has 200 valence electrons. The molecule has 7 nitrogen and oxygen atoms in total. The largest absolute Gasteiger partial charge is 0.416 e. The van der Waals surface area contributed by atoms with Gasteiger partial charge in [-0.3, -0.25) is 4.79 Å². The standard InChI is InChI=1S/C28H31F3N6O/c1-35-8-10-36(11-9-35)6-4-20-12-24(28(29,30)31)15-25(13-20)34-27(38)22-3-2-21-5-7-37(18-23(21)14-22)26-16-32-19-33-17-26/h2-3,12-17,19H,4-11,18H2,1H3,(H,34,38). The second-order valence-electron chi connectivity index (χ2n) is 10.0. The average molecular weight is 525 g/mol. The van der Waals surface area contributed by atoms with E-state index in [0.717, 1.165) is 62.0 Å². The van der Waals surface area contributed by atoms with Crippen LogP contribution in [0.4, 0.5) is 24.5 Å².